The van der Waals surface area contributed by atoms with Crippen LogP contribution in [0.1, 0.15) is 11.1 Å². The third-order valence-corrected chi connectivity index (χ3v) is 5.67. The van der Waals surface area contributed by atoms with Crippen LogP contribution in [0, 0.1) is 10.1 Å². The molecule has 0 bridgehead atoms. The lowest BCUT2D eigenvalue weighted by Crippen LogP contribution is -2.27. The highest BCUT2D eigenvalue weighted by atomic mass is 35.5. The van der Waals surface area contributed by atoms with Crippen molar-refractivity contribution >= 4 is 69.5 Å². The molecular weight excluding hydrogens is 435 g/mol. The monoisotopic (exact) mass is 442 g/mol. The molecule has 2 aromatic carbocycles. The summed E-state index contributed by atoms with van der Waals surface area (Å²) in [6, 6.07) is 8.69. The number of nitro benzene ring substituents is 1. The minimum absolute atomic E-state index is 0.0293. The molecule has 0 radical (unpaired) electrons. The minimum Gasteiger partial charge on any atom is -0.268 e. The lowest BCUT2D eigenvalue weighted by atomic mass is 10.1. The number of rotatable bonds is 4. The Morgan fingerprint density at radius 1 is 1.04 bits per heavy atom. The molecule has 3 rings (SSSR count). The second-order valence-corrected chi connectivity index (χ2v) is 7.69. The Balaban J connectivity index is 1.87. The Hall–Kier alpha value is -2.06. The molecule has 1 aliphatic rings. The lowest BCUT2D eigenvalue weighted by Gasteiger charge is -2.12. The summed E-state index contributed by atoms with van der Waals surface area (Å²) in [5, 5.41) is 11.4. The van der Waals surface area contributed by atoms with E-state index in [4.69, 9.17) is 34.8 Å². The normalized spacial score (nSPS) is 15.7. The molecular formula is C17H9Cl3N2O4S. The minimum atomic E-state index is -0.566. The molecule has 6 nitrogen and oxygen atoms in total. The average molecular weight is 444 g/mol. The summed E-state index contributed by atoms with van der Waals surface area (Å²) in [5.74, 6) is -0.515. The summed E-state index contributed by atoms with van der Waals surface area (Å²) in [4.78, 5) is 36.3. The summed E-state index contributed by atoms with van der Waals surface area (Å²) in [5.41, 5.74) is 0.757. The highest BCUT2D eigenvalue weighted by Gasteiger charge is 2.35. The van der Waals surface area contributed by atoms with Crippen molar-refractivity contribution in [1.82, 2.24) is 4.90 Å². The van der Waals surface area contributed by atoms with E-state index in [-0.39, 0.29) is 27.7 Å². The molecule has 27 heavy (non-hydrogen) atoms. The van der Waals surface area contributed by atoms with E-state index in [2.05, 4.69) is 0 Å². The van der Waals surface area contributed by atoms with Gasteiger partial charge in [-0.1, -0.05) is 40.9 Å². The largest absolute Gasteiger partial charge is 0.293 e. The fraction of sp³-hybridized carbons (Fsp3) is 0.0588. The van der Waals surface area contributed by atoms with Gasteiger partial charge in [0, 0.05) is 22.7 Å². The molecule has 0 N–H and O–H groups in total. The van der Waals surface area contributed by atoms with Crippen LogP contribution < -0.4 is 0 Å². The molecule has 1 fully saturated rings. The number of nitro groups is 1. The number of carbonyl (C=O) groups excluding carboxylic acids is 2. The van der Waals surface area contributed by atoms with Crippen molar-refractivity contribution in [1.29, 1.82) is 0 Å². The number of hydrogen-bond donors (Lipinski definition) is 0. The standard InChI is InChI=1S/C17H9Cl3N2O4S/c18-12-4-2-11(22(25)26)6-10(12)7-15-16(23)21(17(24)27-15)8-9-1-3-13(19)14(20)5-9/h1-7H,8H2/b15-7-. The van der Waals surface area contributed by atoms with E-state index in [1.165, 1.54) is 24.3 Å². The van der Waals surface area contributed by atoms with E-state index in [1.807, 2.05) is 0 Å². The predicted octanol–water partition coefficient (Wildman–Crippen LogP) is 5.79. The number of non-ortho nitro benzene ring substituents is 1. The first-order valence-corrected chi connectivity index (χ1v) is 9.34. The van der Waals surface area contributed by atoms with Gasteiger partial charge in [-0.3, -0.25) is 24.6 Å². The van der Waals surface area contributed by atoms with Gasteiger partial charge in [-0.25, -0.2) is 0 Å². The molecule has 10 heteroatoms. The van der Waals surface area contributed by atoms with Crippen molar-refractivity contribution in [3.05, 3.63) is 77.6 Å². The summed E-state index contributed by atoms with van der Waals surface area (Å²) in [6.45, 7) is 0.0293. The Kier molecular flexibility index (Phi) is 5.76. The van der Waals surface area contributed by atoms with E-state index in [0.717, 1.165) is 16.7 Å². The number of benzene rings is 2. The van der Waals surface area contributed by atoms with Crippen LogP contribution in [-0.2, 0) is 11.3 Å². The number of hydrogen-bond acceptors (Lipinski definition) is 5. The van der Waals surface area contributed by atoms with Crippen molar-refractivity contribution < 1.29 is 14.5 Å². The summed E-state index contributed by atoms with van der Waals surface area (Å²) in [7, 11) is 0. The third kappa shape index (κ3) is 4.27. The molecule has 0 atom stereocenters. The van der Waals surface area contributed by atoms with E-state index < -0.39 is 16.1 Å². The second-order valence-electron chi connectivity index (χ2n) is 5.48. The van der Waals surface area contributed by atoms with Crippen LogP contribution in [-0.4, -0.2) is 21.0 Å². The van der Waals surface area contributed by atoms with Gasteiger partial charge >= 0.3 is 0 Å². The van der Waals surface area contributed by atoms with Crippen LogP contribution in [0.15, 0.2) is 41.3 Å². The number of halogens is 3. The van der Waals surface area contributed by atoms with Crippen molar-refractivity contribution in [2.24, 2.45) is 0 Å². The molecule has 1 heterocycles. The first-order valence-electron chi connectivity index (χ1n) is 7.39. The topological polar surface area (TPSA) is 80.5 Å². The number of imide groups is 1. The highest BCUT2D eigenvalue weighted by molar-refractivity contribution is 8.18. The van der Waals surface area contributed by atoms with Crippen molar-refractivity contribution in [2.45, 2.75) is 6.54 Å². The zero-order chi connectivity index (χ0) is 19.7. The number of amides is 2. The van der Waals surface area contributed by atoms with Crippen molar-refractivity contribution in [3.63, 3.8) is 0 Å². The van der Waals surface area contributed by atoms with Gasteiger partial charge in [-0.15, -0.1) is 0 Å². The Morgan fingerprint density at radius 2 is 1.74 bits per heavy atom. The van der Waals surface area contributed by atoms with Gasteiger partial charge in [-0.05, 0) is 41.6 Å². The highest BCUT2D eigenvalue weighted by Crippen LogP contribution is 2.35. The van der Waals surface area contributed by atoms with Gasteiger partial charge in [-0.2, -0.15) is 0 Å². The first-order chi connectivity index (χ1) is 12.8. The second kappa shape index (κ2) is 7.90. The lowest BCUT2D eigenvalue weighted by molar-refractivity contribution is -0.384. The quantitative estimate of drug-likeness (QED) is 0.339. The van der Waals surface area contributed by atoms with Gasteiger partial charge in [0.2, 0.25) is 0 Å². The van der Waals surface area contributed by atoms with Crippen molar-refractivity contribution in [2.75, 3.05) is 0 Å². The summed E-state index contributed by atoms with van der Waals surface area (Å²) in [6.07, 6.45) is 1.37. The molecule has 0 spiro atoms. The smallest absolute Gasteiger partial charge is 0.268 e. The molecule has 1 saturated heterocycles. The Morgan fingerprint density at radius 3 is 2.41 bits per heavy atom. The fourth-order valence-electron chi connectivity index (χ4n) is 2.35. The van der Waals surface area contributed by atoms with E-state index in [1.54, 1.807) is 18.2 Å². The number of thioether (sulfide) groups is 1. The zero-order valence-corrected chi connectivity index (χ0v) is 16.4. The maximum absolute atomic E-state index is 12.6. The van der Waals surface area contributed by atoms with Gasteiger partial charge in [0.15, 0.2) is 0 Å². The van der Waals surface area contributed by atoms with E-state index in [9.17, 15) is 19.7 Å². The summed E-state index contributed by atoms with van der Waals surface area (Å²) >= 11 is 18.6. The Labute approximate surface area is 172 Å². The van der Waals surface area contributed by atoms with Gasteiger partial charge in [0.1, 0.15) is 0 Å². The van der Waals surface area contributed by atoms with Gasteiger partial charge in [0.25, 0.3) is 16.8 Å². The molecule has 0 aliphatic carbocycles. The molecule has 2 amide bonds. The maximum Gasteiger partial charge on any atom is 0.293 e. The van der Waals surface area contributed by atoms with Crippen LogP contribution in [0.25, 0.3) is 6.08 Å². The van der Waals surface area contributed by atoms with E-state index in [0.29, 0.717) is 15.6 Å². The molecule has 0 aromatic heterocycles. The molecule has 0 unspecified atom stereocenters. The van der Waals surface area contributed by atoms with Crippen LogP contribution in [0.3, 0.4) is 0 Å². The molecule has 2 aromatic rings. The van der Waals surface area contributed by atoms with Crippen molar-refractivity contribution in [3.8, 4) is 0 Å². The van der Waals surface area contributed by atoms with Gasteiger partial charge < -0.3 is 0 Å². The molecule has 0 saturated carbocycles. The van der Waals surface area contributed by atoms with Crippen LogP contribution >= 0.6 is 46.6 Å². The molecule has 138 valence electrons. The fourth-order valence-corrected chi connectivity index (χ4v) is 3.68. The molecule has 1 aliphatic heterocycles. The third-order valence-electron chi connectivity index (χ3n) is 3.68. The number of carbonyl (C=O) groups is 2. The number of nitrogens with zero attached hydrogens (tertiary/aromatic N) is 2. The summed E-state index contributed by atoms with van der Waals surface area (Å²) < 4.78 is 0. The van der Waals surface area contributed by atoms with E-state index >= 15 is 0 Å². The SMILES string of the molecule is O=C1S/C(=C\c2cc([N+](=O)[O-])ccc2Cl)C(=O)N1Cc1ccc(Cl)c(Cl)c1. The first kappa shape index (κ1) is 19.7. The average Bonchev–Trinajstić information content (AvgIpc) is 2.87. The predicted molar refractivity (Wildman–Crippen MR) is 106 cm³/mol. The van der Waals surface area contributed by atoms with Crippen LogP contribution in [0.2, 0.25) is 15.1 Å². The Bertz CT molecular complexity index is 1010. The zero-order valence-electron chi connectivity index (χ0n) is 13.3. The van der Waals surface area contributed by atoms with Gasteiger partial charge in [0.05, 0.1) is 26.4 Å². The van der Waals surface area contributed by atoms with Crippen LogP contribution in [0.5, 0.6) is 0 Å². The van der Waals surface area contributed by atoms with Crippen LogP contribution in [0.4, 0.5) is 10.5 Å². The maximum atomic E-state index is 12.6.